The molecule has 0 saturated heterocycles. The second-order valence-corrected chi connectivity index (χ2v) is 29.5. The number of unbranched alkanes of at least 4 members (excludes halogenated alkanes) is 55. The number of nitrogens with zero attached hydrogens (tertiary/aromatic N) is 1. The molecule has 0 bridgehead atoms. The van der Waals surface area contributed by atoms with Gasteiger partial charge >= 0.3 is 29.8 Å². The van der Waals surface area contributed by atoms with Gasteiger partial charge in [0.15, 0.2) is 0 Å². The van der Waals surface area contributed by atoms with Crippen LogP contribution >= 0.6 is 0 Å². The minimum Gasteiger partial charge on any atom is -0.481 e. The van der Waals surface area contributed by atoms with Gasteiger partial charge in [0.2, 0.25) is 0 Å². The van der Waals surface area contributed by atoms with E-state index >= 15 is 0 Å². The molecule has 0 saturated carbocycles. The number of carboxylic acid groups (broad SMARTS) is 5. The number of allylic oxidation sites excluding steroid dienone is 10. The molecule has 0 rings (SSSR count). The molecule has 13 N–H and O–H groups in total. The first-order valence-electron chi connectivity index (χ1n) is 44.2. The summed E-state index contributed by atoms with van der Waals surface area (Å²) in [6.07, 6.45) is 106. The highest BCUT2D eigenvalue weighted by atomic mass is 16.4. The monoisotopic (exact) mass is 1490 g/mol. The molecule has 0 aliphatic carbocycles. The summed E-state index contributed by atoms with van der Waals surface area (Å²) in [6, 6.07) is 0. The summed E-state index contributed by atoms with van der Waals surface area (Å²) in [5.41, 5.74) is 0. The van der Waals surface area contributed by atoms with E-state index in [-0.39, 0.29) is 0 Å². The first-order chi connectivity index (χ1) is 50.9. The molecule has 0 heterocycles. The number of aliphatic carboxylic acids is 5. The van der Waals surface area contributed by atoms with E-state index in [0.717, 1.165) is 64.2 Å². The third-order valence-electron chi connectivity index (χ3n) is 18.3. The normalized spacial score (nSPS) is 11.3. The first-order valence-corrected chi connectivity index (χ1v) is 44.2. The minimum absolute atomic E-state index is 0.332. The van der Waals surface area contributed by atoms with Crippen LogP contribution in [0.5, 0.6) is 0 Å². The first kappa shape index (κ1) is 112. The van der Waals surface area contributed by atoms with E-state index < -0.39 is 34.8 Å². The lowest BCUT2D eigenvalue weighted by atomic mass is 10.1. The quantitative estimate of drug-likeness (QED) is 0.00900. The van der Waals surface area contributed by atoms with Crippen LogP contribution in [0.3, 0.4) is 0 Å². The summed E-state index contributed by atoms with van der Waals surface area (Å²) in [5.74, 6) is 15.2. The number of rotatable bonds is 75. The largest absolute Gasteiger partial charge is 0.481 e. The molecule has 0 unspecified atom stereocenters. The van der Waals surface area contributed by atoms with Crippen molar-refractivity contribution in [3.8, 4) is 0 Å². The molecule has 0 radical (unpaired) electrons. The molecule has 0 fully saturated rings. The van der Waals surface area contributed by atoms with Gasteiger partial charge < -0.3 is 25.5 Å². The smallest absolute Gasteiger partial charge is 0.303 e. The van der Waals surface area contributed by atoms with E-state index in [1.807, 2.05) is 0 Å². The van der Waals surface area contributed by atoms with Crippen molar-refractivity contribution in [2.24, 2.45) is 23.4 Å². The number of carboxylic acids is 5. The zero-order chi connectivity index (χ0) is 79.0. The molecule has 0 atom stereocenters. The van der Waals surface area contributed by atoms with Crippen molar-refractivity contribution < 1.29 is 54.4 Å². The molecule has 15 nitrogen and oxygen atoms in total. The topological polar surface area (TPSA) is 291 Å². The zero-order valence-electron chi connectivity index (χ0n) is 69.8. The van der Waals surface area contributed by atoms with Crippen LogP contribution in [0.15, 0.2) is 60.8 Å². The Hall–Kier alpha value is -4.15. The van der Waals surface area contributed by atoms with Gasteiger partial charge in [-0.1, -0.05) is 352 Å². The van der Waals surface area contributed by atoms with E-state index in [1.165, 1.54) is 353 Å². The molecule has 0 amide bonds. The van der Waals surface area contributed by atoms with Crippen LogP contribution in [0, 0.1) is 0 Å². The summed E-state index contributed by atoms with van der Waals surface area (Å²) < 4.78 is 0. The average Bonchev–Trinajstić information content (AvgIpc) is 3.76. The van der Waals surface area contributed by atoms with Crippen molar-refractivity contribution in [1.82, 2.24) is 0 Å². The third-order valence-corrected chi connectivity index (χ3v) is 18.3. The predicted molar refractivity (Wildman–Crippen MR) is 452 cm³/mol. The van der Waals surface area contributed by atoms with Crippen LogP contribution in [0.4, 0.5) is 0 Å². The number of carbonyl (C=O) groups is 5. The van der Waals surface area contributed by atoms with E-state index in [9.17, 15) is 24.0 Å². The van der Waals surface area contributed by atoms with Crippen molar-refractivity contribution in [2.45, 2.75) is 484 Å². The number of nitrogens with two attached hydrogens (primary N) is 4. The lowest BCUT2D eigenvalue weighted by molar-refractivity contribution is -0.974. The predicted octanol–water partition coefficient (Wildman–Crippen LogP) is 27.8. The zero-order valence-corrected chi connectivity index (χ0v) is 69.8. The average molecular weight is 1490 g/mol. The van der Waals surface area contributed by atoms with Crippen molar-refractivity contribution in [3.05, 3.63) is 60.8 Å². The highest BCUT2D eigenvalue weighted by Gasteiger charge is 2.02. The van der Waals surface area contributed by atoms with Crippen LogP contribution in [-0.4, -0.2) is 60.3 Å². The van der Waals surface area contributed by atoms with Crippen LogP contribution in [0.25, 0.3) is 0 Å². The number of quaternary nitrogens is 1. The fraction of sp³-hybridized carbons (Fsp3) is 0.833. The van der Waals surface area contributed by atoms with E-state index in [4.69, 9.17) is 25.5 Å². The molecule has 105 heavy (non-hydrogen) atoms. The van der Waals surface area contributed by atoms with Crippen LogP contribution in [0.2, 0.25) is 0 Å². The van der Waals surface area contributed by atoms with Gasteiger partial charge in [0.25, 0.3) is 0 Å². The van der Waals surface area contributed by atoms with Crippen molar-refractivity contribution in [2.75, 3.05) is 0 Å². The summed E-state index contributed by atoms with van der Waals surface area (Å²) in [5, 5.41) is 42.5. The van der Waals surface area contributed by atoms with Gasteiger partial charge in [0.05, 0.1) is 0 Å². The van der Waals surface area contributed by atoms with Crippen LogP contribution in [-0.2, 0) is 24.0 Å². The van der Waals surface area contributed by atoms with Gasteiger partial charge in [-0.2, -0.15) is 0 Å². The van der Waals surface area contributed by atoms with Crippen LogP contribution in [0.1, 0.15) is 484 Å². The fourth-order valence-electron chi connectivity index (χ4n) is 11.7. The van der Waals surface area contributed by atoms with Gasteiger partial charge in [-0.3, -0.25) is 24.0 Å². The van der Waals surface area contributed by atoms with Crippen LogP contribution < -0.4 is 23.4 Å². The Balaban J connectivity index is -0.000000287. The second kappa shape index (κ2) is 104. The Labute approximate surface area is 649 Å². The molecule has 15 heteroatoms. The van der Waals surface area contributed by atoms with Crippen molar-refractivity contribution in [3.63, 3.8) is 0 Å². The molecule has 0 aromatic heterocycles. The summed E-state index contributed by atoms with van der Waals surface area (Å²) in [6.45, 7) is 11.3. The summed E-state index contributed by atoms with van der Waals surface area (Å²) in [7, 11) is 0. The Morgan fingerprint density at radius 3 is 0.362 bits per heavy atom. The van der Waals surface area contributed by atoms with Crippen molar-refractivity contribution in [1.29, 1.82) is 0 Å². The van der Waals surface area contributed by atoms with Gasteiger partial charge in [-0.25, -0.2) is 0 Å². The van der Waals surface area contributed by atoms with Gasteiger partial charge in [0.1, 0.15) is 0 Å². The van der Waals surface area contributed by atoms with Gasteiger partial charge in [0, 0.05) is 32.1 Å². The number of hydrogen-bond donors (Lipinski definition) is 9. The third kappa shape index (κ3) is 146. The van der Waals surface area contributed by atoms with E-state index in [0.29, 0.717) is 32.1 Å². The molecule has 0 aromatic rings. The van der Waals surface area contributed by atoms with E-state index in [1.54, 1.807) is 0 Å². The minimum atomic E-state index is -1.00. The standard InChI is InChI=1S/5C18H34O2.H8N5/c5*1-2-3-4-5-6-7-8-9-10-11-12-13-14-15-16-17-18(19)20;1-5(2,3)4/h5*9-10H,2-8,11-17H2,1H3,(H,19,20);1-4H2/q;;;;;+1/b5*10-9-;. The Morgan fingerprint density at radius 2 is 0.267 bits per heavy atom. The Kier molecular flexibility index (Phi) is 111. The maximum Gasteiger partial charge on any atom is 0.303 e. The Bertz CT molecular complexity index is 1570. The maximum atomic E-state index is 10.3. The van der Waals surface area contributed by atoms with Gasteiger partial charge in [-0.05, 0) is 165 Å². The lowest BCUT2D eigenvalue weighted by Gasteiger charge is -2.08. The van der Waals surface area contributed by atoms with Gasteiger partial charge in [-0.15, -0.1) is 23.4 Å². The molecular formula is C90H178N5O10+. The Morgan fingerprint density at radius 1 is 0.181 bits per heavy atom. The second-order valence-electron chi connectivity index (χ2n) is 29.5. The van der Waals surface area contributed by atoms with Crippen molar-refractivity contribution >= 4 is 29.8 Å². The molecule has 0 aromatic carbocycles. The lowest BCUT2D eigenvalue weighted by Crippen LogP contribution is -2.71. The highest BCUT2D eigenvalue weighted by molar-refractivity contribution is 5.67. The molecule has 0 spiro atoms. The molecule has 0 aliphatic heterocycles. The fourth-order valence-corrected chi connectivity index (χ4v) is 11.7. The summed E-state index contributed by atoms with van der Waals surface area (Å²) >= 11 is 0. The highest BCUT2D eigenvalue weighted by Crippen LogP contribution is 2.16. The molecule has 622 valence electrons. The number of hydrogen-bond acceptors (Lipinski definition) is 9. The van der Waals surface area contributed by atoms with E-state index in [2.05, 4.69) is 119 Å². The summed E-state index contributed by atoms with van der Waals surface area (Å²) in [4.78, 5) is 50.6. The molecular weight excluding hydrogens is 1310 g/mol. The molecule has 0 aliphatic rings. The SMILES string of the molecule is CCCCCCCC/C=C\CCCCCCCC(=O)O.CCCCCCCC/C=C\CCCCCCCC(=O)O.CCCCCCCC/C=C\CCCCCCCC(=O)O.CCCCCCCC/C=C\CCCCCCCC(=O)O.CCCCCCCC/C=C\CCCCCCCC(=O)O.N[N+](N)(N)N. The maximum absolute atomic E-state index is 10.3.